The van der Waals surface area contributed by atoms with Crippen LogP contribution in [-0.4, -0.2) is 53.1 Å². The second-order valence-corrected chi connectivity index (χ2v) is 7.14. The van der Waals surface area contributed by atoms with Crippen molar-refractivity contribution in [3.05, 3.63) is 54.1 Å². The molecule has 0 saturated carbocycles. The number of carbonyl (C=O) groups is 2. The monoisotopic (exact) mass is 384 g/mol. The fraction of sp³-hybridized carbons (Fsp3) is 0.476. The quantitative estimate of drug-likeness (QED) is 0.671. The van der Waals surface area contributed by atoms with E-state index >= 15 is 0 Å². The van der Waals surface area contributed by atoms with Crippen molar-refractivity contribution in [2.24, 2.45) is 5.92 Å². The molecule has 1 aliphatic rings. The van der Waals surface area contributed by atoms with E-state index in [1.807, 2.05) is 42.0 Å². The number of benzene rings is 1. The van der Waals surface area contributed by atoms with Gasteiger partial charge in [0.25, 0.3) is 0 Å². The van der Waals surface area contributed by atoms with Crippen LogP contribution in [0.5, 0.6) is 0 Å². The van der Waals surface area contributed by atoms with E-state index in [0.29, 0.717) is 19.7 Å². The molecule has 1 aromatic carbocycles. The van der Waals surface area contributed by atoms with Crippen molar-refractivity contribution < 1.29 is 14.3 Å². The number of amides is 2. The highest BCUT2D eigenvalue weighted by molar-refractivity contribution is 5.90. The third-order valence-electron chi connectivity index (χ3n) is 5.26. The Balaban J connectivity index is 1.69. The lowest BCUT2D eigenvalue weighted by molar-refractivity contribution is -0.129. The second kappa shape index (κ2) is 9.50. The molecular weight excluding hydrogens is 356 g/mol. The molecule has 7 nitrogen and oxygen atoms in total. The Morgan fingerprint density at radius 2 is 2.14 bits per heavy atom. The first-order chi connectivity index (χ1) is 13.6. The van der Waals surface area contributed by atoms with Crippen LogP contribution in [-0.2, 0) is 20.9 Å². The Hall–Kier alpha value is -2.67. The van der Waals surface area contributed by atoms with Gasteiger partial charge in [-0.1, -0.05) is 24.3 Å². The minimum atomic E-state index is -0.390. The largest absolute Gasteiger partial charge is 0.383 e. The zero-order chi connectivity index (χ0) is 19.9. The van der Waals surface area contributed by atoms with Gasteiger partial charge in [0, 0.05) is 45.6 Å². The Morgan fingerprint density at radius 1 is 1.32 bits per heavy atom. The number of ether oxygens (including phenoxy) is 1. The smallest absolute Gasteiger partial charge is 0.226 e. The van der Waals surface area contributed by atoms with Crippen LogP contribution in [0, 0.1) is 12.8 Å². The number of imidazole rings is 1. The molecule has 2 atom stereocenters. The molecule has 1 fully saturated rings. The normalized spacial score (nSPS) is 19.2. The number of hydrogen-bond donors (Lipinski definition) is 1. The average molecular weight is 384 g/mol. The SMILES string of the molecule is COCCN1C(=O)C[C@@H](C(=O)NCCCn2ccnc2)[C@@H]1c1ccccc1C. The Bertz CT molecular complexity index is 791. The summed E-state index contributed by atoms with van der Waals surface area (Å²) in [6, 6.07) is 7.71. The van der Waals surface area contributed by atoms with Crippen molar-refractivity contribution in [3.63, 3.8) is 0 Å². The molecule has 1 saturated heterocycles. The maximum absolute atomic E-state index is 12.9. The van der Waals surface area contributed by atoms with Crippen LogP contribution in [0.1, 0.15) is 30.0 Å². The van der Waals surface area contributed by atoms with Crippen LogP contribution in [0.25, 0.3) is 0 Å². The molecule has 1 aromatic heterocycles. The van der Waals surface area contributed by atoms with Crippen molar-refractivity contribution in [3.8, 4) is 0 Å². The van der Waals surface area contributed by atoms with E-state index in [0.717, 1.165) is 24.1 Å². The van der Waals surface area contributed by atoms with Crippen molar-refractivity contribution in [1.29, 1.82) is 0 Å². The first-order valence-electron chi connectivity index (χ1n) is 9.69. The highest BCUT2D eigenvalue weighted by Gasteiger charge is 2.44. The summed E-state index contributed by atoms with van der Waals surface area (Å²) in [5.74, 6) is -0.449. The average Bonchev–Trinajstić information content (AvgIpc) is 3.32. The van der Waals surface area contributed by atoms with Crippen LogP contribution in [0.3, 0.4) is 0 Å². The first-order valence-corrected chi connectivity index (χ1v) is 9.69. The zero-order valence-corrected chi connectivity index (χ0v) is 16.5. The third kappa shape index (κ3) is 4.59. The lowest BCUT2D eigenvalue weighted by atomic mass is 9.90. The summed E-state index contributed by atoms with van der Waals surface area (Å²) in [7, 11) is 1.62. The molecule has 1 aliphatic heterocycles. The topological polar surface area (TPSA) is 76.5 Å². The van der Waals surface area contributed by atoms with Gasteiger partial charge in [0.15, 0.2) is 0 Å². The molecule has 28 heavy (non-hydrogen) atoms. The van der Waals surface area contributed by atoms with Gasteiger partial charge in [-0.3, -0.25) is 9.59 Å². The maximum atomic E-state index is 12.9. The van der Waals surface area contributed by atoms with Crippen molar-refractivity contribution in [1.82, 2.24) is 19.8 Å². The van der Waals surface area contributed by atoms with E-state index in [9.17, 15) is 9.59 Å². The maximum Gasteiger partial charge on any atom is 0.226 e. The van der Waals surface area contributed by atoms with Gasteiger partial charge < -0.3 is 19.5 Å². The summed E-state index contributed by atoms with van der Waals surface area (Å²) in [5.41, 5.74) is 2.12. The molecule has 0 spiro atoms. The molecule has 0 aliphatic carbocycles. The van der Waals surface area contributed by atoms with Gasteiger partial charge in [-0.05, 0) is 24.5 Å². The van der Waals surface area contributed by atoms with Crippen LogP contribution < -0.4 is 5.32 Å². The fourth-order valence-corrected chi connectivity index (χ4v) is 3.81. The summed E-state index contributed by atoms with van der Waals surface area (Å²) in [6.07, 6.45) is 6.45. The number of likely N-dealkylation sites (tertiary alicyclic amines) is 1. The summed E-state index contributed by atoms with van der Waals surface area (Å²) < 4.78 is 7.16. The molecule has 0 unspecified atom stereocenters. The summed E-state index contributed by atoms with van der Waals surface area (Å²) >= 11 is 0. The summed E-state index contributed by atoms with van der Waals surface area (Å²) in [5, 5.41) is 3.02. The van der Waals surface area contributed by atoms with E-state index < -0.39 is 5.92 Å². The molecule has 150 valence electrons. The molecular formula is C21H28N4O3. The Kier molecular flexibility index (Phi) is 6.81. The third-order valence-corrected chi connectivity index (χ3v) is 5.26. The molecule has 2 heterocycles. The van der Waals surface area contributed by atoms with Crippen LogP contribution in [0.15, 0.2) is 43.0 Å². The van der Waals surface area contributed by atoms with Crippen LogP contribution in [0.4, 0.5) is 0 Å². The minimum absolute atomic E-state index is 0.00358. The lowest BCUT2D eigenvalue weighted by Crippen LogP contribution is -2.37. The Labute approximate surface area is 165 Å². The fourth-order valence-electron chi connectivity index (χ4n) is 3.81. The van der Waals surface area contributed by atoms with Gasteiger partial charge in [0.05, 0.1) is 24.9 Å². The number of aromatic nitrogens is 2. The summed E-state index contributed by atoms with van der Waals surface area (Å²) in [4.78, 5) is 31.4. The van der Waals surface area contributed by atoms with E-state index in [4.69, 9.17) is 4.74 Å². The number of carbonyl (C=O) groups excluding carboxylic acids is 2. The molecule has 2 aromatic rings. The molecule has 2 amide bonds. The predicted molar refractivity (Wildman–Crippen MR) is 105 cm³/mol. The number of methoxy groups -OCH3 is 1. The Morgan fingerprint density at radius 3 is 2.86 bits per heavy atom. The van der Waals surface area contributed by atoms with E-state index in [-0.39, 0.29) is 24.3 Å². The van der Waals surface area contributed by atoms with Gasteiger partial charge in [-0.15, -0.1) is 0 Å². The summed E-state index contributed by atoms with van der Waals surface area (Å²) in [6.45, 7) is 4.32. The minimum Gasteiger partial charge on any atom is -0.383 e. The highest BCUT2D eigenvalue weighted by Crippen LogP contribution is 2.39. The van der Waals surface area contributed by atoms with Gasteiger partial charge in [-0.2, -0.15) is 0 Å². The standard InChI is InChI=1S/C21H28N4O3/c1-16-6-3-4-7-17(16)20-18(14-19(26)25(20)12-13-28-2)21(27)23-8-5-10-24-11-9-22-15-24/h3-4,6-7,9,11,15,18,20H,5,8,10,12-14H2,1-2H3,(H,23,27)/t18-,20+/m1/s1. The zero-order valence-electron chi connectivity index (χ0n) is 16.5. The van der Waals surface area contributed by atoms with Gasteiger partial charge >= 0.3 is 0 Å². The van der Waals surface area contributed by atoms with E-state index in [2.05, 4.69) is 10.3 Å². The predicted octanol–water partition coefficient (Wildman–Crippen LogP) is 1.93. The van der Waals surface area contributed by atoms with Crippen molar-refractivity contribution >= 4 is 11.8 Å². The van der Waals surface area contributed by atoms with E-state index in [1.54, 1.807) is 24.5 Å². The van der Waals surface area contributed by atoms with Gasteiger partial charge in [-0.25, -0.2) is 4.98 Å². The molecule has 0 bridgehead atoms. The number of hydrogen-bond acceptors (Lipinski definition) is 4. The van der Waals surface area contributed by atoms with Crippen molar-refractivity contribution in [2.75, 3.05) is 26.8 Å². The number of rotatable bonds is 9. The number of nitrogens with one attached hydrogen (secondary N) is 1. The molecule has 3 rings (SSSR count). The first kappa shape index (κ1) is 20.1. The molecule has 1 N–H and O–H groups in total. The van der Waals surface area contributed by atoms with Crippen LogP contribution >= 0.6 is 0 Å². The van der Waals surface area contributed by atoms with Gasteiger partial charge in [0.2, 0.25) is 11.8 Å². The lowest BCUT2D eigenvalue weighted by Gasteiger charge is -2.29. The van der Waals surface area contributed by atoms with E-state index in [1.165, 1.54) is 0 Å². The number of aryl methyl sites for hydroxylation is 2. The molecule has 0 radical (unpaired) electrons. The number of nitrogens with zero attached hydrogens (tertiary/aromatic N) is 3. The van der Waals surface area contributed by atoms with Crippen molar-refractivity contribution in [2.45, 2.75) is 32.4 Å². The van der Waals surface area contributed by atoms with Gasteiger partial charge in [0.1, 0.15) is 0 Å². The van der Waals surface area contributed by atoms with Crippen LogP contribution in [0.2, 0.25) is 0 Å². The highest BCUT2D eigenvalue weighted by atomic mass is 16.5. The molecule has 7 heteroatoms. The second-order valence-electron chi connectivity index (χ2n) is 7.14.